The SMILES string of the molecule is CCCCC(O)C(=O)O.O=C([O-])C=Cc1c[nH]cn1.O=C([O-])C=Cc1c[nH]cn1.[Se+2]. The molecule has 12 heteroatoms. The van der Waals surface area contributed by atoms with Gasteiger partial charge in [0.05, 0.1) is 36.0 Å². The van der Waals surface area contributed by atoms with Crippen LogP contribution in [0.2, 0.25) is 0 Å². The van der Waals surface area contributed by atoms with Gasteiger partial charge in [0.25, 0.3) is 0 Å². The first-order chi connectivity index (χ1) is 13.8. The third kappa shape index (κ3) is 16.9. The van der Waals surface area contributed by atoms with Gasteiger partial charge in [0.2, 0.25) is 0 Å². The van der Waals surface area contributed by atoms with Gasteiger partial charge in [-0.3, -0.25) is 0 Å². The van der Waals surface area contributed by atoms with Gasteiger partial charge >= 0.3 is 23.0 Å². The Morgan fingerprint density at radius 1 is 1.03 bits per heavy atom. The summed E-state index contributed by atoms with van der Waals surface area (Å²) in [5, 5.41) is 36.5. The summed E-state index contributed by atoms with van der Waals surface area (Å²) >= 11 is 0. The number of aromatic amines is 2. The van der Waals surface area contributed by atoms with Crippen LogP contribution >= 0.6 is 0 Å². The fourth-order valence-electron chi connectivity index (χ4n) is 1.55. The van der Waals surface area contributed by atoms with Crippen LogP contribution in [0.3, 0.4) is 0 Å². The normalized spacial score (nSPS) is 10.9. The van der Waals surface area contributed by atoms with E-state index in [4.69, 9.17) is 10.2 Å². The molecule has 0 saturated carbocycles. The van der Waals surface area contributed by atoms with Gasteiger partial charge in [-0.15, -0.1) is 0 Å². The molecule has 11 nitrogen and oxygen atoms in total. The summed E-state index contributed by atoms with van der Waals surface area (Å²) in [5.41, 5.74) is 1.15. The molecule has 1 atom stereocenters. The van der Waals surface area contributed by atoms with Crippen LogP contribution < -0.4 is 10.2 Å². The van der Waals surface area contributed by atoms with Crippen molar-refractivity contribution in [3.05, 3.63) is 48.6 Å². The van der Waals surface area contributed by atoms with E-state index in [1.54, 1.807) is 12.4 Å². The average molecular weight is 485 g/mol. The fourth-order valence-corrected chi connectivity index (χ4v) is 1.55. The number of imidazole rings is 2. The minimum Gasteiger partial charge on any atom is -0.545 e. The fraction of sp³-hybridized carbons (Fsp3) is 0.278. The van der Waals surface area contributed by atoms with E-state index in [0.717, 1.165) is 25.0 Å². The van der Waals surface area contributed by atoms with Gasteiger partial charge in [-0.05, 0) is 30.7 Å². The standard InChI is InChI=1S/2C6H6N2O2.C6H12O3.Se/c2*9-6(10)2-1-5-3-7-4-8-5;1-2-3-4-5(7)6(8)9;/h2*1-4H,(H,7,8)(H,9,10);5,7H,2-4H2,1H3,(H,8,9);/q;;;+2/p-2. The summed E-state index contributed by atoms with van der Waals surface area (Å²) in [7, 11) is 0. The summed E-state index contributed by atoms with van der Waals surface area (Å²) < 4.78 is 0. The van der Waals surface area contributed by atoms with E-state index in [0.29, 0.717) is 17.8 Å². The average Bonchev–Trinajstić information content (AvgIpc) is 3.37. The van der Waals surface area contributed by atoms with Crippen molar-refractivity contribution in [3.63, 3.8) is 0 Å². The first-order valence-electron chi connectivity index (χ1n) is 8.42. The zero-order valence-corrected chi connectivity index (χ0v) is 17.8. The summed E-state index contributed by atoms with van der Waals surface area (Å²) in [6, 6.07) is 0. The quantitative estimate of drug-likeness (QED) is 0.256. The zero-order valence-electron chi connectivity index (χ0n) is 16.1. The first kappa shape index (κ1) is 29.0. The van der Waals surface area contributed by atoms with Crippen LogP contribution in [0.25, 0.3) is 12.2 Å². The molecule has 30 heavy (non-hydrogen) atoms. The molecule has 0 aliphatic heterocycles. The molecule has 0 amide bonds. The molecule has 4 N–H and O–H groups in total. The van der Waals surface area contributed by atoms with Gasteiger partial charge in [0, 0.05) is 12.4 Å². The second-order valence-electron chi connectivity index (χ2n) is 5.29. The van der Waals surface area contributed by atoms with Crippen molar-refractivity contribution < 1.29 is 34.8 Å². The number of carbonyl (C=O) groups excluding carboxylic acids is 2. The van der Waals surface area contributed by atoms with Crippen molar-refractivity contribution in [2.75, 3.05) is 0 Å². The molecule has 1 unspecified atom stereocenters. The molecule has 0 spiro atoms. The number of aromatic nitrogens is 4. The molecule has 0 aliphatic carbocycles. The summed E-state index contributed by atoms with van der Waals surface area (Å²) in [4.78, 5) is 42.5. The monoisotopic (exact) mass is 486 g/mol. The number of nitrogens with zero attached hydrogens (tertiary/aromatic N) is 2. The number of aliphatic carboxylic acids is 3. The van der Waals surface area contributed by atoms with Crippen molar-refractivity contribution >= 4 is 47.1 Å². The second-order valence-corrected chi connectivity index (χ2v) is 5.29. The minimum absolute atomic E-state index is 0. The van der Waals surface area contributed by atoms with Crippen molar-refractivity contribution in [2.24, 2.45) is 0 Å². The van der Waals surface area contributed by atoms with Crippen molar-refractivity contribution in [2.45, 2.75) is 32.3 Å². The molecule has 2 aromatic rings. The van der Waals surface area contributed by atoms with E-state index in [2.05, 4.69) is 19.9 Å². The Morgan fingerprint density at radius 2 is 1.47 bits per heavy atom. The molecule has 0 aliphatic rings. The van der Waals surface area contributed by atoms with Crippen molar-refractivity contribution in [3.8, 4) is 0 Å². The van der Waals surface area contributed by atoms with Gasteiger partial charge in [-0.1, -0.05) is 19.8 Å². The third-order valence-corrected chi connectivity index (χ3v) is 2.94. The predicted molar refractivity (Wildman–Crippen MR) is 104 cm³/mol. The van der Waals surface area contributed by atoms with Gasteiger partial charge < -0.3 is 40.0 Å². The van der Waals surface area contributed by atoms with Gasteiger partial charge in [0.1, 0.15) is 0 Å². The van der Waals surface area contributed by atoms with Gasteiger partial charge in [-0.2, -0.15) is 0 Å². The Kier molecular flexibility index (Phi) is 17.3. The number of unbranched alkanes of at least 4 members (excludes halogenated alkanes) is 1. The Labute approximate surface area is 183 Å². The second kappa shape index (κ2) is 17.9. The molecule has 2 aromatic heterocycles. The van der Waals surface area contributed by atoms with Crippen LogP contribution in [0.15, 0.2) is 37.2 Å². The molecule has 0 bridgehead atoms. The number of hydrogen-bond acceptors (Lipinski definition) is 8. The molecule has 4 radical (unpaired) electrons. The predicted octanol–water partition coefficient (Wildman–Crippen LogP) is -1.41. The number of aliphatic hydroxyl groups excluding tert-OH is 1. The molecular weight excluding hydrogens is 463 g/mol. The third-order valence-electron chi connectivity index (χ3n) is 2.94. The van der Waals surface area contributed by atoms with Gasteiger partial charge in [-0.25, -0.2) is 14.8 Å². The van der Waals surface area contributed by atoms with Crippen LogP contribution in [0, 0.1) is 0 Å². The van der Waals surface area contributed by atoms with E-state index in [9.17, 15) is 24.6 Å². The number of hydrogen-bond donors (Lipinski definition) is 4. The van der Waals surface area contributed by atoms with Crippen LogP contribution in [-0.2, 0) is 14.4 Å². The number of nitrogens with one attached hydrogen (secondary N) is 2. The van der Waals surface area contributed by atoms with Crippen LogP contribution in [0.1, 0.15) is 37.6 Å². The van der Waals surface area contributed by atoms with Crippen molar-refractivity contribution in [1.82, 2.24) is 19.9 Å². The van der Waals surface area contributed by atoms with Crippen LogP contribution in [0.4, 0.5) is 0 Å². The Morgan fingerprint density at radius 3 is 1.73 bits per heavy atom. The number of carboxylic acid groups (broad SMARTS) is 3. The van der Waals surface area contributed by atoms with Crippen LogP contribution in [-0.4, -0.2) is 71.2 Å². The largest absolute Gasteiger partial charge is 2.00 e. The Bertz CT molecular complexity index is 720. The van der Waals surface area contributed by atoms with E-state index in [1.807, 2.05) is 6.92 Å². The summed E-state index contributed by atoms with van der Waals surface area (Å²) in [5.74, 6) is -3.56. The summed E-state index contributed by atoms with van der Waals surface area (Å²) in [6.07, 6.45) is 11.6. The molecule has 0 saturated heterocycles. The molecule has 162 valence electrons. The number of carboxylic acids is 3. The van der Waals surface area contributed by atoms with E-state index >= 15 is 0 Å². The minimum atomic E-state index is -1.22. The van der Waals surface area contributed by atoms with Gasteiger partial charge in [0.15, 0.2) is 6.10 Å². The van der Waals surface area contributed by atoms with Crippen molar-refractivity contribution in [1.29, 1.82) is 0 Å². The molecule has 2 heterocycles. The topological polar surface area (TPSA) is 195 Å². The Balaban J connectivity index is 0. The maximum Gasteiger partial charge on any atom is 2.00 e. The summed E-state index contributed by atoms with van der Waals surface area (Å²) in [6.45, 7) is 1.95. The molecule has 0 fully saturated rings. The van der Waals surface area contributed by atoms with E-state index < -0.39 is 24.0 Å². The molecule has 0 aromatic carbocycles. The maximum absolute atomic E-state index is 9.96. The number of H-pyrrole nitrogens is 2. The number of carbonyl (C=O) groups is 3. The smallest absolute Gasteiger partial charge is 0.545 e. The number of rotatable bonds is 8. The zero-order chi connectivity index (χ0) is 22.1. The molecular formula is C18H22N4O7Se. The van der Waals surface area contributed by atoms with E-state index in [1.165, 1.54) is 24.8 Å². The van der Waals surface area contributed by atoms with Crippen LogP contribution in [0.5, 0.6) is 0 Å². The molecule has 2 rings (SSSR count). The number of aliphatic hydroxyl groups is 1. The maximum atomic E-state index is 9.96. The van der Waals surface area contributed by atoms with E-state index in [-0.39, 0.29) is 17.1 Å². The first-order valence-corrected chi connectivity index (χ1v) is 8.42. The Hall–Kier alpha value is -3.21.